The van der Waals surface area contributed by atoms with Gasteiger partial charge in [-0.25, -0.2) is 17.6 Å². The van der Waals surface area contributed by atoms with E-state index in [1.807, 2.05) is 0 Å². The molecule has 3 nitrogen and oxygen atoms in total. The zero-order chi connectivity index (χ0) is 19.4. The summed E-state index contributed by atoms with van der Waals surface area (Å²) in [5.74, 6) is -3.87. The molecule has 0 aliphatic heterocycles. The van der Waals surface area contributed by atoms with Gasteiger partial charge in [0.05, 0.1) is 11.4 Å². The van der Waals surface area contributed by atoms with E-state index in [0.29, 0.717) is 17.1 Å². The van der Waals surface area contributed by atoms with Crippen LogP contribution in [0.5, 0.6) is 0 Å². The Hall–Kier alpha value is -3.13. The summed E-state index contributed by atoms with van der Waals surface area (Å²) in [6.07, 6.45) is 0. The second-order valence-corrected chi connectivity index (χ2v) is 5.92. The lowest BCUT2D eigenvalue weighted by atomic mass is 10.2. The Balaban J connectivity index is 1.74. The minimum absolute atomic E-state index is 0.139. The van der Waals surface area contributed by atoms with E-state index in [1.165, 1.54) is 12.1 Å². The summed E-state index contributed by atoms with van der Waals surface area (Å²) in [6, 6.07) is 13.7. The Morgan fingerprint density at radius 2 is 1.19 bits per heavy atom. The second-order valence-electron chi connectivity index (χ2n) is 5.51. The molecule has 0 aliphatic carbocycles. The first-order valence-corrected chi connectivity index (χ1v) is 8.17. The lowest BCUT2D eigenvalue weighted by Crippen LogP contribution is -2.19. The van der Waals surface area contributed by atoms with Crippen LogP contribution in [0.15, 0.2) is 60.7 Å². The topological polar surface area (TPSA) is 36.1 Å². The third kappa shape index (κ3) is 4.73. The lowest BCUT2D eigenvalue weighted by molar-refractivity contribution is 0.509. The zero-order valence-corrected chi connectivity index (χ0v) is 14.5. The second kappa shape index (κ2) is 8.05. The SMILES string of the molecule is Fc1ccc(NC(=S)Nc2ccccc2Nc2ccc(F)c(F)c2)cc1F. The van der Waals surface area contributed by atoms with Crippen LogP contribution in [-0.4, -0.2) is 5.11 Å². The summed E-state index contributed by atoms with van der Waals surface area (Å²) in [4.78, 5) is 0. The average Bonchev–Trinajstić information content (AvgIpc) is 2.63. The first-order valence-electron chi connectivity index (χ1n) is 7.76. The van der Waals surface area contributed by atoms with Gasteiger partial charge in [0.2, 0.25) is 0 Å². The van der Waals surface area contributed by atoms with Crippen LogP contribution in [0, 0.1) is 23.3 Å². The molecular weight excluding hydrogens is 378 g/mol. The van der Waals surface area contributed by atoms with Crippen molar-refractivity contribution in [1.29, 1.82) is 0 Å². The number of para-hydroxylation sites is 2. The number of hydrogen-bond donors (Lipinski definition) is 3. The predicted octanol–water partition coefficient (Wildman–Crippen LogP) is 5.80. The molecule has 0 heterocycles. The molecule has 138 valence electrons. The highest BCUT2D eigenvalue weighted by Crippen LogP contribution is 2.26. The van der Waals surface area contributed by atoms with Crippen molar-refractivity contribution >= 4 is 40.1 Å². The van der Waals surface area contributed by atoms with E-state index in [1.54, 1.807) is 24.3 Å². The fraction of sp³-hybridized carbons (Fsp3) is 0. The summed E-state index contributed by atoms with van der Waals surface area (Å²) in [5, 5.41) is 8.76. The van der Waals surface area contributed by atoms with Gasteiger partial charge in [0.1, 0.15) is 0 Å². The minimum Gasteiger partial charge on any atom is -0.354 e. The summed E-state index contributed by atoms with van der Waals surface area (Å²) in [5.41, 5.74) is 1.72. The van der Waals surface area contributed by atoms with Crippen molar-refractivity contribution in [3.8, 4) is 0 Å². The highest BCUT2D eigenvalue weighted by atomic mass is 32.1. The van der Waals surface area contributed by atoms with E-state index in [4.69, 9.17) is 12.2 Å². The Labute approximate surface area is 158 Å². The third-order valence-electron chi connectivity index (χ3n) is 3.55. The first-order chi connectivity index (χ1) is 12.9. The minimum atomic E-state index is -0.997. The normalized spacial score (nSPS) is 10.4. The highest BCUT2D eigenvalue weighted by molar-refractivity contribution is 7.80. The van der Waals surface area contributed by atoms with Crippen molar-refractivity contribution in [2.45, 2.75) is 0 Å². The van der Waals surface area contributed by atoms with Gasteiger partial charge in [0, 0.05) is 23.5 Å². The molecule has 0 bridgehead atoms. The van der Waals surface area contributed by atoms with Gasteiger partial charge in [-0.05, 0) is 48.6 Å². The Morgan fingerprint density at radius 1 is 0.630 bits per heavy atom. The highest BCUT2D eigenvalue weighted by Gasteiger charge is 2.08. The number of halogens is 4. The molecule has 8 heteroatoms. The quantitative estimate of drug-likeness (QED) is 0.388. The van der Waals surface area contributed by atoms with Gasteiger partial charge in [0.15, 0.2) is 28.4 Å². The van der Waals surface area contributed by atoms with Crippen molar-refractivity contribution in [1.82, 2.24) is 0 Å². The van der Waals surface area contributed by atoms with Crippen LogP contribution in [0.25, 0.3) is 0 Å². The maximum atomic E-state index is 13.4. The van der Waals surface area contributed by atoms with Crippen molar-refractivity contribution in [2.75, 3.05) is 16.0 Å². The fourth-order valence-corrected chi connectivity index (χ4v) is 2.52. The lowest BCUT2D eigenvalue weighted by Gasteiger charge is -2.15. The number of nitrogens with one attached hydrogen (secondary N) is 3. The fourth-order valence-electron chi connectivity index (χ4n) is 2.29. The van der Waals surface area contributed by atoms with Gasteiger partial charge in [-0.1, -0.05) is 12.1 Å². The molecule has 0 unspecified atom stereocenters. The number of hydrogen-bond acceptors (Lipinski definition) is 2. The zero-order valence-electron chi connectivity index (χ0n) is 13.7. The van der Waals surface area contributed by atoms with E-state index in [2.05, 4.69) is 16.0 Å². The van der Waals surface area contributed by atoms with Crippen LogP contribution in [0.4, 0.5) is 40.3 Å². The summed E-state index contributed by atoms with van der Waals surface area (Å²) in [7, 11) is 0. The summed E-state index contributed by atoms with van der Waals surface area (Å²) >= 11 is 5.18. The van der Waals surface area contributed by atoms with Crippen molar-refractivity contribution in [3.63, 3.8) is 0 Å². The molecule has 3 N–H and O–H groups in total. The van der Waals surface area contributed by atoms with E-state index in [0.717, 1.165) is 24.3 Å². The van der Waals surface area contributed by atoms with Gasteiger partial charge in [-0.3, -0.25) is 0 Å². The number of benzene rings is 3. The molecule has 0 saturated heterocycles. The van der Waals surface area contributed by atoms with Gasteiger partial charge in [-0.2, -0.15) is 0 Å². The molecule has 0 radical (unpaired) electrons. The molecule has 3 aromatic carbocycles. The molecule has 0 saturated carbocycles. The van der Waals surface area contributed by atoms with Crippen LogP contribution in [0.1, 0.15) is 0 Å². The summed E-state index contributed by atoms with van der Waals surface area (Å²) < 4.78 is 52.7. The van der Waals surface area contributed by atoms with Crippen LogP contribution in [-0.2, 0) is 0 Å². The average molecular weight is 391 g/mol. The smallest absolute Gasteiger partial charge is 0.175 e. The monoisotopic (exact) mass is 391 g/mol. The molecule has 0 amide bonds. The van der Waals surface area contributed by atoms with Crippen LogP contribution in [0.2, 0.25) is 0 Å². The molecule has 27 heavy (non-hydrogen) atoms. The van der Waals surface area contributed by atoms with E-state index in [9.17, 15) is 17.6 Å². The van der Waals surface area contributed by atoms with E-state index < -0.39 is 23.3 Å². The Morgan fingerprint density at radius 3 is 1.81 bits per heavy atom. The van der Waals surface area contributed by atoms with E-state index >= 15 is 0 Å². The van der Waals surface area contributed by atoms with Gasteiger partial charge >= 0.3 is 0 Å². The first kappa shape index (κ1) is 18.7. The molecule has 3 rings (SSSR count). The number of thiocarbonyl (C=S) groups is 1. The van der Waals surface area contributed by atoms with Crippen LogP contribution in [0.3, 0.4) is 0 Å². The summed E-state index contributed by atoms with van der Waals surface area (Å²) in [6.45, 7) is 0. The molecule has 0 aliphatic rings. The number of rotatable bonds is 4. The Kier molecular flexibility index (Phi) is 5.56. The van der Waals surface area contributed by atoms with Crippen LogP contribution < -0.4 is 16.0 Å². The van der Waals surface area contributed by atoms with Crippen molar-refractivity contribution in [2.24, 2.45) is 0 Å². The van der Waals surface area contributed by atoms with Crippen molar-refractivity contribution < 1.29 is 17.6 Å². The predicted molar refractivity (Wildman–Crippen MR) is 102 cm³/mol. The van der Waals surface area contributed by atoms with Crippen molar-refractivity contribution in [3.05, 3.63) is 83.9 Å². The number of anilines is 4. The maximum absolute atomic E-state index is 13.4. The molecule has 3 aromatic rings. The molecule has 0 atom stereocenters. The standard InChI is InChI=1S/C19H13F4N3S/c20-13-7-5-11(9-15(13)22)24-17-3-1-2-4-18(17)26-19(27)25-12-6-8-14(21)16(23)10-12/h1-10,24H,(H2,25,26,27). The van der Waals surface area contributed by atoms with Gasteiger partial charge in [-0.15, -0.1) is 0 Å². The molecule has 0 fully saturated rings. The molecular formula is C19H13F4N3S. The molecule has 0 spiro atoms. The van der Waals surface area contributed by atoms with E-state index in [-0.39, 0.29) is 10.8 Å². The molecule has 0 aromatic heterocycles. The maximum Gasteiger partial charge on any atom is 0.175 e. The van der Waals surface area contributed by atoms with Crippen LogP contribution >= 0.6 is 12.2 Å². The third-order valence-corrected chi connectivity index (χ3v) is 3.76. The van der Waals surface area contributed by atoms with Gasteiger partial charge in [0.25, 0.3) is 0 Å². The van der Waals surface area contributed by atoms with Gasteiger partial charge < -0.3 is 16.0 Å². The largest absolute Gasteiger partial charge is 0.354 e. The Bertz CT molecular complexity index is 994.